The van der Waals surface area contributed by atoms with Gasteiger partial charge in [0.25, 0.3) is 0 Å². The summed E-state index contributed by atoms with van der Waals surface area (Å²) in [6.45, 7) is 11.5. The van der Waals surface area contributed by atoms with Crippen LogP contribution in [0, 0.1) is 5.92 Å². The fourth-order valence-corrected chi connectivity index (χ4v) is 3.03. The minimum atomic E-state index is 0.718. The van der Waals surface area contributed by atoms with E-state index < -0.39 is 0 Å². The van der Waals surface area contributed by atoms with Crippen LogP contribution in [0.4, 0.5) is 0 Å². The van der Waals surface area contributed by atoms with Gasteiger partial charge < -0.3 is 14.8 Å². The first kappa shape index (κ1) is 15.5. The molecule has 114 valence electrons. The molecule has 1 saturated heterocycles. The molecule has 2 heterocycles. The molecule has 1 unspecified atom stereocenters. The normalized spacial score (nSPS) is 18.3. The first-order chi connectivity index (χ1) is 9.79. The molecule has 4 nitrogen and oxygen atoms in total. The van der Waals surface area contributed by atoms with Crippen molar-refractivity contribution in [2.75, 3.05) is 26.2 Å². The zero-order valence-electron chi connectivity index (χ0n) is 13.1. The maximum atomic E-state index is 4.25. The van der Waals surface area contributed by atoms with Crippen molar-refractivity contribution in [1.82, 2.24) is 19.8 Å². The van der Waals surface area contributed by atoms with Crippen molar-refractivity contribution in [1.29, 1.82) is 0 Å². The molecule has 0 saturated carbocycles. The zero-order valence-corrected chi connectivity index (χ0v) is 13.1. The van der Waals surface area contributed by atoms with Crippen LogP contribution in [-0.2, 0) is 13.1 Å². The lowest BCUT2D eigenvalue weighted by atomic mass is 10.1. The average Bonchev–Trinajstić information content (AvgIpc) is 2.88. The van der Waals surface area contributed by atoms with Crippen LogP contribution in [0.3, 0.4) is 0 Å². The number of aryl methyl sites for hydroxylation is 1. The average molecular weight is 278 g/mol. The Balaban J connectivity index is 1.65. The molecule has 0 radical (unpaired) electrons. The second-order valence-corrected chi connectivity index (χ2v) is 6.18. The number of nitrogens with zero attached hydrogens (tertiary/aromatic N) is 3. The summed E-state index contributed by atoms with van der Waals surface area (Å²) in [4.78, 5) is 6.87. The van der Waals surface area contributed by atoms with Gasteiger partial charge >= 0.3 is 0 Å². The van der Waals surface area contributed by atoms with Crippen LogP contribution in [0.25, 0.3) is 0 Å². The molecule has 1 N–H and O–H groups in total. The van der Waals surface area contributed by atoms with Gasteiger partial charge in [0.15, 0.2) is 0 Å². The van der Waals surface area contributed by atoms with Gasteiger partial charge in [-0.15, -0.1) is 0 Å². The number of rotatable bonds is 8. The molecule has 20 heavy (non-hydrogen) atoms. The Hall–Kier alpha value is -0.870. The van der Waals surface area contributed by atoms with Gasteiger partial charge in [0, 0.05) is 25.8 Å². The lowest BCUT2D eigenvalue weighted by Crippen LogP contribution is -2.36. The third-order valence-corrected chi connectivity index (χ3v) is 4.08. The van der Waals surface area contributed by atoms with Gasteiger partial charge in [0.2, 0.25) is 0 Å². The second kappa shape index (κ2) is 8.42. The molecule has 1 aromatic rings. The predicted octanol–water partition coefficient (Wildman–Crippen LogP) is 2.50. The van der Waals surface area contributed by atoms with Crippen molar-refractivity contribution in [3.63, 3.8) is 0 Å². The van der Waals surface area contributed by atoms with Crippen molar-refractivity contribution >= 4 is 0 Å². The number of aromatic nitrogens is 2. The summed E-state index contributed by atoms with van der Waals surface area (Å²) in [6.07, 6.45) is 9.28. The van der Waals surface area contributed by atoms with Gasteiger partial charge in [0.05, 0.1) is 12.0 Å². The van der Waals surface area contributed by atoms with Crippen LogP contribution >= 0.6 is 0 Å². The largest absolute Gasteiger partial charge is 0.333 e. The summed E-state index contributed by atoms with van der Waals surface area (Å²) < 4.78 is 2.25. The highest BCUT2D eigenvalue weighted by Crippen LogP contribution is 2.10. The zero-order chi connectivity index (χ0) is 14.2. The second-order valence-electron chi connectivity index (χ2n) is 6.18. The summed E-state index contributed by atoms with van der Waals surface area (Å²) in [7, 11) is 0. The Morgan fingerprint density at radius 2 is 2.10 bits per heavy atom. The van der Waals surface area contributed by atoms with Crippen molar-refractivity contribution in [2.45, 2.75) is 52.6 Å². The Labute approximate surface area is 123 Å². The molecule has 0 aliphatic carbocycles. The highest BCUT2D eigenvalue weighted by molar-refractivity contribution is 4.97. The van der Waals surface area contributed by atoms with Crippen molar-refractivity contribution in [2.24, 2.45) is 5.92 Å². The molecule has 1 fully saturated rings. The molecular formula is C16H30N4. The van der Waals surface area contributed by atoms with E-state index in [1.165, 1.54) is 44.6 Å². The summed E-state index contributed by atoms with van der Waals surface area (Å²) in [5, 5.41) is 3.59. The van der Waals surface area contributed by atoms with Crippen LogP contribution in [0.2, 0.25) is 0 Å². The minimum Gasteiger partial charge on any atom is -0.333 e. The van der Waals surface area contributed by atoms with Crippen LogP contribution < -0.4 is 5.32 Å². The van der Waals surface area contributed by atoms with E-state index in [4.69, 9.17) is 0 Å². The molecule has 0 amide bonds. The van der Waals surface area contributed by atoms with E-state index in [0.717, 1.165) is 32.0 Å². The highest BCUT2D eigenvalue weighted by Gasteiger charge is 2.13. The first-order valence-corrected chi connectivity index (χ1v) is 8.21. The Morgan fingerprint density at radius 3 is 2.85 bits per heavy atom. The summed E-state index contributed by atoms with van der Waals surface area (Å²) in [5.74, 6) is 0.718. The molecule has 1 aliphatic heterocycles. The Kier molecular flexibility index (Phi) is 6.54. The van der Waals surface area contributed by atoms with Crippen LogP contribution in [-0.4, -0.2) is 40.6 Å². The van der Waals surface area contributed by atoms with E-state index in [9.17, 15) is 0 Å². The summed E-state index contributed by atoms with van der Waals surface area (Å²) in [6, 6.07) is 0. The van der Waals surface area contributed by atoms with Crippen molar-refractivity contribution in [3.05, 3.63) is 18.2 Å². The lowest BCUT2D eigenvalue weighted by Gasteiger charge is -2.29. The highest BCUT2D eigenvalue weighted by atomic mass is 15.1. The number of likely N-dealkylation sites (tertiary alicyclic amines) is 1. The van der Waals surface area contributed by atoms with Gasteiger partial charge in [-0.25, -0.2) is 4.98 Å². The van der Waals surface area contributed by atoms with Crippen LogP contribution in [0.15, 0.2) is 12.5 Å². The van der Waals surface area contributed by atoms with Gasteiger partial charge in [-0.2, -0.15) is 0 Å². The minimum absolute atomic E-state index is 0.718. The van der Waals surface area contributed by atoms with E-state index in [-0.39, 0.29) is 0 Å². The Morgan fingerprint density at radius 1 is 1.30 bits per heavy atom. The summed E-state index contributed by atoms with van der Waals surface area (Å²) >= 11 is 0. The van der Waals surface area contributed by atoms with E-state index in [2.05, 4.69) is 33.6 Å². The summed E-state index contributed by atoms with van der Waals surface area (Å²) in [5.41, 5.74) is 1.30. The van der Waals surface area contributed by atoms with Crippen molar-refractivity contribution in [3.8, 4) is 0 Å². The van der Waals surface area contributed by atoms with Gasteiger partial charge in [-0.1, -0.05) is 20.3 Å². The molecule has 2 rings (SSSR count). The lowest BCUT2D eigenvalue weighted by molar-refractivity contribution is 0.199. The molecule has 4 heteroatoms. The van der Waals surface area contributed by atoms with Crippen LogP contribution in [0.1, 0.15) is 45.2 Å². The van der Waals surface area contributed by atoms with Crippen LogP contribution in [0.5, 0.6) is 0 Å². The molecule has 1 aliphatic rings. The molecule has 0 aromatic carbocycles. The molecule has 1 aromatic heterocycles. The third-order valence-electron chi connectivity index (χ3n) is 4.08. The van der Waals surface area contributed by atoms with E-state index in [1.54, 1.807) is 0 Å². The SMILES string of the molecule is CCCn1cncc1CNCC(C)CN1CCCCC1. The molecule has 1 atom stereocenters. The van der Waals surface area contributed by atoms with E-state index >= 15 is 0 Å². The number of nitrogens with one attached hydrogen (secondary N) is 1. The first-order valence-electron chi connectivity index (χ1n) is 8.21. The topological polar surface area (TPSA) is 33.1 Å². The predicted molar refractivity (Wildman–Crippen MR) is 83.7 cm³/mol. The number of imidazole rings is 1. The monoisotopic (exact) mass is 278 g/mol. The maximum absolute atomic E-state index is 4.25. The quantitative estimate of drug-likeness (QED) is 0.793. The fraction of sp³-hybridized carbons (Fsp3) is 0.812. The molecule has 0 spiro atoms. The molecule has 0 bridgehead atoms. The number of hydrogen-bond donors (Lipinski definition) is 1. The Bertz CT molecular complexity index is 368. The molecular weight excluding hydrogens is 248 g/mol. The van der Waals surface area contributed by atoms with Crippen molar-refractivity contribution < 1.29 is 0 Å². The standard InChI is InChI=1S/C16H30N4/c1-3-7-20-14-18-12-16(20)11-17-10-15(2)13-19-8-5-4-6-9-19/h12,14-15,17H,3-11,13H2,1-2H3. The van der Waals surface area contributed by atoms with Gasteiger partial charge in [0.1, 0.15) is 0 Å². The van der Waals surface area contributed by atoms with Gasteiger partial charge in [-0.05, 0) is 44.8 Å². The third kappa shape index (κ3) is 4.91. The van der Waals surface area contributed by atoms with Gasteiger partial charge in [-0.3, -0.25) is 0 Å². The number of hydrogen-bond acceptors (Lipinski definition) is 3. The van der Waals surface area contributed by atoms with E-state index in [1.807, 2.05) is 12.5 Å². The fourth-order valence-electron chi connectivity index (χ4n) is 3.03. The van der Waals surface area contributed by atoms with E-state index in [0.29, 0.717) is 0 Å². The smallest absolute Gasteiger partial charge is 0.0948 e. The number of piperidine rings is 1. The maximum Gasteiger partial charge on any atom is 0.0948 e.